The number of aryl methyl sites for hydroxylation is 1. The fourth-order valence-electron chi connectivity index (χ4n) is 2.80. The van der Waals surface area contributed by atoms with Gasteiger partial charge in [-0.05, 0) is 31.0 Å². The van der Waals surface area contributed by atoms with Crippen LogP contribution in [0.2, 0.25) is 0 Å². The summed E-state index contributed by atoms with van der Waals surface area (Å²) in [6, 6.07) is 10.2. The predicted octanol–water partition coefficient (Wildman–Crippen LogP) is 2.36. The summed E-state index contributed by atoms with van der Waals surface area (Å²) >= 11 is 0. The van der Waals surface area contributed by atoms with Crippen LogP contribution in [0.4, 0.5) is 11.6 Å². The molecule has 0 radical (unpaired) electrons. The van der Waals surface area contributed by atoms with Gasteiger partial charge in [-0.3, -0.25) is 0 Å². The zero-order valence-electron chi connectivity index (χ0n) is 13.3. The van der Waals surface area contributed by atoms with E-state index < -0.39 is 0 Å². The van der Waals surface area contributed by atoms with E-state index in [0.717, 1.165) is 30.8 Å². The van der Waals surface area contributed by atoms with E-state index in [0.29, 0.717) is 17.4 Å². The molecule has 3 rings (SSSR count). The first-order chi connectivity index (χ1) is 11.2. The second kappa shape index (κ2) is 6.53. The van der Waals surface area contributed by atoms with E-state index in [2.05, 4.69) is 32.3 Å². The Morgan fingerprint density at radius 2 is 2.26 bits per heavy atom. The van der Waals surface area contributed by atoms with Crippen LogP contribution in [-0.2, 0) is 0 Å². The minimum atomic E-state index is 0.245. The summed E-state index contributed by atoms with van der Waals surface area (Å²) in [6.07, 6.45) is 2.65. The van der Waals surface area contributed by atoms with E-state index in [1.165, 1.54) is 0 Å². The molecule has 1 saturated heterocycles. The van der Waals surface area contributed by atoms with Crippen molar-refractivity contribution in [1.82, 2.24) is 9.97 Å². The Hall–Kier alpha value is -2.81. The summed E-state index contributed by atoms with van der Waals surface area (Å²) in [5, 5.41) is 12.6. The molecule has 0 aliphatic carbocycles. The minimum absolute atomic E-state index is 0.245. The Bertz CT molecular complexity index is 740. The number of nitriles is 1. The molecular weight excluding hydrogens is 290 g/mol. The molecule has 0 bridgehead atoms. The molecule has 0 spiro atoms. The topological polar surface area (TPSA) is 74.1 Å². The van der Waals surface area contributed by atoms with Crippen molar-refractivity contribution >= 4 is 11.6 Å². The van der Waals surface area contributed by atoms with Crippen LogP contribution in [0.3, 0.4) is 0 Å². The fraction of sp³-hybridized carbons (Fsp3) is 0.353. The molecular formula is C17H19N5O. The number of benzene rings is 1. The van der Waals surface area contributed by atoms with Gasteiger partial charge in [-0.25, -0.2) is 4.98 Å². The standard InChI is InChI=1S/C17H19N5O/c1-12-3-4-13(10-18)15(9-12)22-8-6-14(11-22)20-17-19-7-5-16(21-17)23-2/h3-5,7,9,14H,6,8,11H2,1-2H3,(H,19,20,21). The van der Waals surface area contributed by atoms with Gasteiger partial charge in [0.25, 0.3) is 0 Å². The number of hydrogen-bond acceptors (Lipinski definition) is 6. The molecule has 6 nitrogen and oxygen atoms in total. The highest BCUT2D eigenvalue weighted by atomic mass is 16.5. The summed E-state index contributed by atoms with van der Waals surface area (Å²) < 4.78 is 5.12. The second-order valence-corrected chi connectivity index (χ2v) is 5.63. The molecule has 0 amide bonds. The zero-order chi connectivity index (χ0) is 16.2. The normalized spacial score (nSPS) is 16.9. The minimum Gasteiger partial charge on any atom is -0.481 e. The van der Waals surface area contributed by atoms with E-state index >= 15 is 0 Å². The highest BCUT2D eigenvalue weighted by molar-refractivity contribution is 5.61. The summed E-state index contributed by atoms with van der Waals surface area (Å²) in [4.78, 5) is 10.7. The lowest BCUT2D eigenvalue weighted by molar-refractivity contribution is 0.397. The van der Waals surface area contributed by atoms with Gasteiger partial charge in [0.05, 0.1) is 18.4 Å². The third-order valence-corrected chi connectivity index (χ3v) is 3.98. The average molecular weight is 309 g/mol. The summed E-state index contributed by atoms with van der Waals surface area (Å²) in [7, 11) is 1.59. The Morgan fingerprint density at radius 3 is 3.04 bits per heavy atom. The first-order valence-corrected chi connectivity index (χ1v) is 7.59. The molecule has 1 aliphatic rings. The van der Waals surface area contributed by atoms with Crippen molar-refractivity contribution in [3.8, 4) is 11.9 Å². The number of hydrogen-bond donors (Lipinski definition) is 1. The largest absolute Gasteiger partial charge is 0.481 e. The molecule has 1 N–H and O–H groups in total. The molecule has 1 aliphatic heterocycles. The van der Waals surface area contributed by atoms with E-state index in [9.17, 15) is 5.26 Å². The van der Waals surface area contributed by atoms with Gasteiger partial charge >= 0.3 is 0 Å². The van der Waals surface area contributed by atoms with Crippen LogP contribution in [-0.4, -0.2) is 36.2 Å². The van der Waals surface area contributed by atoms with Crippen molar-refractivity contribution < 1.29 is 4.74 Å². The van der Waals surface area contributed by atoms with Crippen LogP contribution < -0.4 is 15.0 Å². The number of nitrogens with one attached hydrogen (secondary N) is 1. The maximum atomic E-state index is 9.30. The maximum Gasteiger partial charge on any atom is 0.226 e. The molecule has 2 heterocycles. The quantitative estimate of drug-likeness (QED) is 0.934. The van der Waals surface area contributed by atoms with Gasteiger partial charge in [0.1, 0.15) is 6.07 Å². The molecule has 1 unspecified atom stereocenters. The first-order valence-electron chi connectivity index (χ1n) is 7.59. The molecule has 23 heavy (non-hydrogen) atoms. The van der Waals surface area contributed by atoms with Gasteiger partial charge in [0.15, 0.2) is 0 Å². The van der Waals surface area contributed by atoms with Crippen molar-refractivity contribution in [2.24, 2.45) is 0 Å². The van der Waals surface area contributed by atoms with Gasteiger partial charge in [0.2, 0.25) is 11.8 Å². The molecule has 1 aromatic carbocycles. The van der Waals surface area contributed by atoms with Crippen molar-refractivity contribution in [3.05, 3.63) is 41.6 Å². The van der Waals surface area contributed by atoms with Crippen molar-refractivity contribution in [2.75, 3.05) is 30.4 Å². The number of rotatable bonds is 4. The lowest BCUT2D eigenvalue weighted by atomic mass is 10.1. The number of nitrogens with zero attached hydrogens (tertiary/aromatic N) is 4. The van der Waals surface area contributed by atoms with Gasteiger partial charge in [0, 0.05) is 31.4 Å². The predicted molar refractivity (Wildman–Crippen MR) is 88.7 cm³/mol. The number of methoxy groups -OCH3 is 1. The lowest BCUT2D eigenvalue weighted by Crippen LogP contribution is -2.27. The van der Waals surface area contributed by atoms with E-state index in [1.807, 2.05) is 19.1 Å². The highest BCUT2D eigenvalue weighted by Gasteiger charge is 2.25. The maximum absolute atomic E-state index is 9.30. The summed E-state index contributed by atoms with van der Waals surface area (Å²) in [5.74, 6) is 1.11. The monoisotopic (exact) mass is 309 g/mol. The van der Waals surface area contributed by atoms with Crippen LogP contribution in [0, 0.1) is 18.3 Å². The van der Waals surface area contributed by atoms with Crippen LogP contribution in [0.5, 0.6) is 5.88 Å². The van der Waals surface area contributed by atoms with Crippen molar-refractivity contribution in [2.45, 2.75) is 19.4 Å². The molecule has 6 heteroatoms. The average Bonchev–Trinajstić information content (AvgIpc) is 3.03. The van der Waals surface area contributed by atoms with E-state index in [4.69, 9.17) is 4.74 Å². The Balaban J connectivity index is 1.71. The lowest BCUT2D eigenvalue weighted by Gasteiger charge is -2.20. The third-order valence-electron chi connectivity index (χ3n) is 3.98. The zero-order valence-corrected chi connectivity index (χ0v) is 13.3. The Labute approximate surface area is 135 Å². The molecule has 1 aromatic heterocycles. The van der Waals surface area contributed by atoms with Crippen LogP contribution in [0.25, 0.3) is 0 Å². The molecule has 1 fully saturated rings. The molecule has 118 valence electrons. The van der Waals surface area contributed by atoms with E-state index in [1.54, 1.807) is 19.4 Å². The summed E-state index contributed by atoms with van der Waals surface area (Å²) in [6.45, 7) is 3.76. The van der Waals surface area contributed by atoms with Gasteiger partial charge in [-0.1, -0.05) is 6.07 Å². The van der Waals surface area contributed by atoms with E-state index in [-0.39, 0.29) is 6.04 Å². The summed E-state index contributed by atoms with van der Waals surface area (Å²) in [5.41, 5.74) is 2.88. The van der Waals surface area contributed by atoms with Gasteiger partial charge in [-0.2, -0.15) is 10.2 Å². The van der Waals surface area contributed by atoms with Crippen LogP contribution in [0.15, 0.2) is 30.5 Å². The number of anilines is 2. The fourth-order valence-corrected chi connectivity index (χ4v) is 2.80. The third kappa shape index (κ3) is 3.34. The van der Waals surface area contributed by atoms with Crippen molar-refractivity contribution in [1.29, 1.82) is 5.26 Å². The van der Waals surface area contributed by atoms with Crippen molar-refractivity contribution in [3.63, 3.8) is 0 Å². The molecule has 1 atom stereocenters. The SMILES string of the molecule is COc1ccnc(NC2CCN(c3cc(C)ccc3C#N)C2)n1. The number of aromatic nitrogens is 2. The number of ether oxygens (including phenoxy) is 1. The second-order valence-electron chi connectivity index (χ2n) is 5.63. The Kier molecular flexibility index (Phi) is 4.29. The smallest absolute Gasteiger partial charge is 0.226 e. The van der Waals surface area contributed by atoms with Gasteiger partial charge in [-0.15, -0.1) is 0 Å². The Morgan fingerprint density at radius 1 is 1.39 bits per heavy atom. The van der Waals surface area contributed by atoms with Crippen LogP contribution >= 0.6 is 0 Å². The van der Waals surface area contributed by atoms with Gasteiger partial charge < -0.3 is 15.0 Å². The molecule has 2 aromatic rings. The van der Waals surface area contributed by atoms with Crippen LogP contribution in [0.1, 0.15) is 17.5 Å². The highest BCUT2D eigenvalue weighted by Crippen LogP contribution is 2.26. The first kappa shape index (κ1) is 15.1. The molecule has 0 saturated carbocycles.